The number of hydrogen-bond acceptors (Lipinski definition) is 3. The highest BCUT2D eigenvalue weighted by atomic mass is 16.6. The smallest absolute Gasteiger partial charge is 0.407 e. The topological polar surface area (TPSA) is 58.6 Å². The van der Waals surface area contributed by atoms with Crippen LogP contribution in [0.1, 0.15) is 48.0 Å². The van der Waals surface area contributed by atoms with E-state index in [-0.39, 0.29) is 12.0 Å². The number of carbonyl (C=O) groups excluding carboxylic acids is 1. The van der Waals surface area contributed by atoms with Gasteiger partial charge in [-0.3, -0.25) is 0 Å². The Balaban J connectivity index is 4.37. The largest absolute Gasteiger partial charge is 0.444 e. The van der Waals surface area contributed by atoms with Gasteiger partial charge < -0.3 is 15.2 Å². The van der Waals surface area contributed by atoms with Crippen LogP contribution in [0, 0.1) is 11.3 Å². The van der Waals surface area contributed by atoms with Gasteiger partial charge in [0.15, 0.2) is 0 Å². The minimum absolute atomic E-state index is 0.0664. The summed E-state index contributed by atoms with van der Waals surface area (Å²) in [6.07, 6.45) is 0.390. The summed E-state index contributed by atoms with van der Waals surface area (Å²) in [6.45, 7) is 12.1. The van der Waals surface area contributed by atoms with E-state index in [1.165, 1.54) is 0 Å². The van der Waals surface area contributed by atoms with Gasteiger partial charge in [0.2, 0.25) is 0 Å². The molecular formula is C13H27NO3. The first-order chi connectivity index (χ1) is 7.67. The number of nitrogens with one attached hydrogen (secondary N) is 1. The Labute approximate surface area is 105 Å². The van der Waals surface area contributed by atoms with Crippen LogP contribution in [0.2, 0.25) is 0 Å². The van der Waals surface area contributed by atoms with Gasteiger partial charge in [-0.1, -0.05) is 20.8 Å². The Kier molecular flexibility index (Phi) is 5.96. The molecule has 0 bridgehead atoms. The predicted molar refractivity (Wildman–Crippen MR) is 68.9 cm³/mol. The van der Waals surface area contributed by atoms with Gasteiger partial charge in [0.25, 0.3) is 0 Å². The lowest BCUT2D eigenvalue weighted by atomic mass is 9.75. The summed E-state index contributed by atoms with van der Waals surface area (Å²) in [5.74, 6) is 0.299. The Morgan fingerprint density at radius 3 is 2.18 bits per heavy atom. The lowest BCUT2D eigenvalue weighted by Gasteiger charge is -2.35. The number of ether oxygens (including phenoxy) is 1. The van der Waals surface area contributed by atoms with E-state index < -0.39 is 11.7 Å². The minimum atomic E-state index is -0.490. The van der Waals surface area contributed by atoms with Gasteiger partial charge >= 0.3 is 6.09 Å². The first-order valence-corrected chi connectivity index (χ1v) is 6.24. The maximum Gasteiger partial charge on any atom is 0.407 e. The van der Waals surface area contributed by atoms with E-state index in [2.05, 4.69) is 19.2 Å². The lowest BCUT2D eigenvalue weighted by Crippen LogP contribution is -2.44. The monoisotopic (exact) mass is 245 g/mol. The van der Waals surface area contributed by atoms with Crippen molar-refractivity contribution in [3.8, 4) is 0 Å². The average molecular weight is 245 g/mol. The molecule has 0 aliphatic heterocycles. The average Bonchev–Trinajstić information content (AvgIpc) is 2.17. The molecule has 1 amide bonds. The molecular weight excluding hydrogens is 218 g/mol. The second-order valence-corrected chi connectivity index (χ2v) is 5.88. The molecule has 0 aromatic carbocycles. The van der Waals surface area contributed by atoms with E-state index in [1.807, 2.05) is 27.7 Å². The van der Waals surface area contributed by atoms with Crippen LogP contribution in [0.25, 0.3) is 0 Å². The van der Waals surface area contributed by atoms with E-state index in [1.54, 1.807) is 0 Å². The summed E-state index contributed by atoms with van der Waals surface area (Å²) in [6, 6.07) is 0. The first-order valence-electron chi connectivity index (χ1n) is 6.24. The molecule has 0 saturated carbocycles. The summed E-state index contributed by atoms with van der Waals surface area (Å²) < 4.78 is 5.17. The zero-order valence-corrected chi connectivity index (χ0v) is 12.0. The van der Waals surface area contributed by atoms with Crippen LogP contribution >= 0.6 is 0 Å². The zero-order valence-electron chi connectivity index (χ0n) is 12.0. The van der Waals surface area contributed by atoms with Crippen molar-refractivity contribution in [2.45, 2.75) is 53.6 Å². The molecule has 1 unspecified atom stereocenters. The molecule has 0 saturated heterocycles. The molecule has 0 spiro atoms. The third-order valence-corrected chi connectivity index (χ3v) is 3.23. The third kappa shape index (κ3) is 5.39. The molecule has 4 nitrogen and oxygen atoms in total. The molecule has 0 fully saturated rings. The maximum atomic E-state index is 11.5. The van der Waals surface area contributed by atoms with Gasteiger partial charge in [0, 0.05) is 12.0 Å². The van der Waals surface area contributed by atoms with Gasteiger partial charge in [-0.2, -0.15) is 0 Å². The minimum Gasteiger partial charge on any atom is -0.444 e. The van der Waals surface area contributed by atoms with Crippen molar-refractivity contribution in [3.63, 3.8) is 0 Å². The Morgan fingerprint density at radius 1 is 1.35 bits per heavy atom. The maximum absolute atomic E-state index is 11.5. The highest BCUT2D eigenvalue weighted by Crippen LogP contribution is 2.30. The van der Waals surface area contributed by atoms with Crippen molar-refractivity contribution in [2.24, 2.45) is 11.3 Å². The van der Waals surface area contributed by atoms with E-state index in [0.29, 0.717) is 12.5 Å². The number of aliphatic hydroxyl groups excluding tert-OH is 1. The molecule has 2 N–H and O–H groups in total. The lowest BCUT2D eigenvalue weighted by molar-refractivity contribution is 0.0383. The zero-order chi connectivity index (χ0) is 13.7. The Bertz CT molecular complexity index is 240. The molecule has 0 aromatic rings. The molecule has 0 rings (SSSR count). The second kappa shape index (κ2) is 6.24. The highest BCUT2D eigenvalue weighted by Gasteiger charge is 2.32. The molecule has 0 heterocycles. The number of hydrogen-bond donors (Lipinski definition) is 2. The molecule has 0 aromatic heterocycles. The molecule has 102 valence electrons. The van der Waals surface area contributed by atoms with Gasteiger partial charge in [-0.15, -0.1) is 0 Å². The SMILES string of the molecule is CCC(CO)(CNC(=O)OC(C)(C)C)C(C)C. The van der Waals surface area contributed by atoms with E-state index in [4.69, 9.17) is 4.74 Å². The highest BCUT2D eigenvalue weighted by molar-refractivity contribution is 5.67. The molecule has 1 atom stereocenters. The predicted octanol–water partition coefficient (Wildman–Crippen LogP) is 2.56. The van der Waals surface area contributed by atoms with E-state index >= 15 is 0 Å². The van der Waals surface area contributed by atoms with Crippen molar-refractivity contribution >= 4 is 6.09 Å². The number of carbonyl (C=O) groups is 1. The number of amides is 1. The van der Waals surface area contributed by atoms with E-state index in [0.717, 1.165) is 6.42 Å². The fourth-order valence-corrected chi connectivity index (χ4v) is 1.65. The van der Waals surface area contributed by atoms with Gasteiger partial charge in [-0.25, -0.2) is 4.79 Å². The van der Waals surface area contributed by atoms with Crippen LogP contribution in [0.4, 0.5) is 4.79 Å². The summed E-state index contributed by atoms with van der Waals surface area (Å²) in [4.78, 5) is 11.5. The fraction of sp³-hybridized carbons (Fsp3) is 0.923. The number of rotatable bonds is 5. The van der Waals surface area contributed by atoms with Gasteiger partial charge in [-0.05, 0) is 33.1 Å². The van der Waals surface area contributed by atoms with Crippen molar-refractivity contribution in [1.29, 1.82) is 0 Å². The second-order valence-electron chi connectivity index (χ2n) is 5.88. The van der Waals surface area contributed by atoms with Gasteiger partial charge in [0.1, 0.15) is 5.60 Å². The summed E-state index contributed by atoms with van der Waals surface area (Å²) in [5, 5.41) is 12.2. The van der Waals surface area contributed by atoms with Gasteiger partial charge in [0.05, 0.1) is 6.61 Å². The van der Waals surface area contributed by atoms with Crippen LogP contribution in [0.5, 0.6) is 0 Å². The van der Waals surface area contributed by atoms with Crippen molar-refractivity contribution in [1.82, 2.24) is 5.32 Å². The van der Waals surface area contributed by atoms with E-state index in [9.17, 15) is 9.90 Å². The number of aliphatic hydroxyl groups is 1. The normalized spacial score (nSPS) is 15.5. The third-order valence-electron chi connectivity index (χ3n) is 3.23. The van der Waals surface area contributed by atoms with Crippen LogP contribution < -0.4 is 5.32 Å². The van der Waals surface area contributed by atoms with Crippen LogP contribution in [-0.4, -0.2) is 30.0 Å². The summed E-state index contributed by atoms with van der Waals surface area (Å²) >= 11 is 0. The standard InChI is InChI=1S/C13H27NO3/c1-7-13(9-15,10(2)3)8-14-11(16)17-12(4,5)6/h10,15H,7-9H2,1-6H3,(H,14,16). The van der Waals surface area contributed by atoms with Crippen LogP contribution in [0.3, 0.4) is 0 Å². The molecule has 0 aliphatic carbocycles. The molecule has 17 heavy (non-hydrogen) atoms. The fourth-order valence-electron chi connectivity index (χ4n) is 1.65. The molecule has 0 radical (unpaired) electrons. The summed E-state index contributed by atoms with van der Waals surface area (Å²) in [5.41, 5.74) is -0.757. The van der Waals surface area contributed by atoms with Crippen LogP contribution in [-0.2, 0) is 4.74 Å². The Hall–Kier alpha value is -0.770. The van der Waals surface area contributed by atoms with Crippen molar-refractivity contribution in [2.75, 3.05) is 13.2 Å². The molecule has 4 heteroatoms. The molecule has 0 aliphatic rings. The first kappa shape index (κ1) is 16.2. The summed E-state index contributed by atoms with van der Waals surface area (Å²) in [7, 11) is 0. The van der Waals surface area contributed by atoms with Crippen molar-refractivity contribution < 1.29 is 14.6 Å². The quantitative estimate of drug-likeness (QED) is 0.782. The Morgan fingerprint density at radius 2 is 1.88 bits per heavy atom. The van der Waals surface area contributed by atoms with Crippen LogP contribution in [0.15, 0.2) is 0 Å². The number of alkyl carbamates (subject to hydrolysis) is 1. The van der Waals surface area contributed by atoms with Crippen molar-refractivity contribution in [3.05, 3.63) is 0 Å².